The molecular weight excluding hydrogens is 410 g/mol. The number of benzene rings is 1. The van der Waals surface area contributed by atoms with Gasteiger partial charge in [0.05, 0.1) is 26.0 Å². The molecule has 10 heteroatoms. The van der Waals surface area contributed by atoms with E-state index in [4.69, 9.17) is 14.7 Å². The van der Waals surface area contributed by atoms with Gasteiger partial charge in [0.2, 0.25) is 0 Å². The molecule has 2 N–H and O–H groups in total. The summed E-state index contributed by atoms with van der Waals surface area (Å²) in [4.78, 5) is 16.3. The fourth-order valence-electron chi connectivity index (χ4n) is 3.95. The normalized spacial score (nSPS) is 15.4. The van der Waals surface area contributed by atoms with Gasteiger partial charge >= 0.3 is 0 Å². The molecule has 1 aromatic carbocycles. The van der Waals surface area contributed by atoms with E-state index >= 15 is 0 Å². The van der Waals surface area contributed by atoms with Crippen LogP contribution >= 0.6 is 0 Å². The number of anilines is 1. The van der Waals surface area contributed by atoms with Gasteiger partial charge in [-0.3, -0.25) is 0 Å². The van der Waals surface area contributed by atoms with Gasteiger partial charge in [0.1, 0.15) is 11.9 Å². The van der Waals surface area contributed by atoms with Crippen molar-refractivity contribution >= 4 is 17.0 Å². The Morgan fingerprint density at radius 2 is 1.84 bits per heavy atom. The molecule has 166 valence electrons. The number of aliphatic hydroxyl groups excluding tert-OH is 2. The van der Waals surface area contributed by atoms with Crippen LogP contribution in [0.3, 0.4) is 0 Å². The Morgan fingerprint density at radius 1 is 1.06 bits per heavy atom. The highest BCUT2D eigenvalue weighted by Crippen LogP contribution is 2.29. The lowest BCUT2D eigenvalue weighted by atomic mass is 10.1. The summed E-state index contributed by atoms with van der Waals surface area (Å²) < 4.78 is 8.97. The van der Waals surface area contributed by atoms with E-state index in [1.165, 1.54) is 0 Å². The molecule has 0 saturated carbocycles. The summed E-state index contributed by atoms with van der Waals surface area (Å²) in [6.45, 7) is 4.62. The molecule has 1 aliphatic rings. The van der Waals surface area contributed by atoms with Gasteiger partial charge in [-0.05, 0) is 12.5 Å². The van der Waals surface area contributed by atoms with Crippen LogP contribution < -0.4 is 4.90 Å². The average molecular weight is 435 g/mol. The Hall–Kier alpha value is -3.34. The zero-order valence-electron chi connectivity index (χ0n) is 17.8. The summed E-state index contributed by atoms with van der Waals surface area (Å²) in [5.41, 5.74) is 3.21. The highest BCUT2D eigenvalue weighted by molar-refractivity contribution is 5.85. The van der Waals surface area contributed by atoms with E-state index in [-0.39, 0.29) is 0 Å². The second-order valence-corrected chi connectivity index (χ2v) is 7.57. The molecule has 0 amide bonds. The first-order valence-electron chi connectivity index (χ1n) is 10.7. The third kappa shape index (κ3) is 3.62. The Morgan fingerprint density at radius 3 is 2.56 bits per heavy atom. The third-order valence-electron chi connectivity index (χ3n) is 5.59. The quantitative estimate of drug-likeness (QED) is 0.469. The van der Waals surface area contributed by atoms with E-state index < -0.39 is 12.7 Å². The summed E-state index contributed by atoms with van der Waals surface area (Å²) in [5, 5.41) is 24.3. The zero-order chi connectivity index (χ0) is 22.1. The number of nitrogens with zero attached hydrogens (tertiary/aromatic N) is 7. The molecule has 1 atom stereocenters. The van der Waals surface area contributed by atoms with Crippen LogP contribution in [0.25, 0.3) is 28.2 Å². The molecule has 4 heterocycles. The maximum absolute atomic E-state index is 10.3. The van der Waals surface area contributed by atoms with E-state index in [1.807, 2.05) is 48.0 Å². The van der Waals surface area contributed by atoms with Gasteiger partial charge in [-0.2, -0.15) is 15.1 Å². The van der Waals surface area contributed by atoms with Crippen molar-refractivity contribution in [3.63, 3.8) is 0 Å². The molecule has 0 spiro atoms. The first kappa shape index (κ1) is 20.6. The van der Waals surface area contributed by atoms with E-state index in [9.17, 15) is 10.2 Å². The van der Waals surface area contributed by atoms with Crippen LogP contribution in [0.4, 0.5) is 5.82 Å². The number of morpholine rings is 1. The highest BCUT2D eigenvalue weighted by Gasteiger charge is 2.25. The fraction of sp³-hybridized carbons (Fsp3) is 0.364. The summed E-state index contributed by atoms with van der Waals surface area (Å²) >= 11 is 0. The fourth-order valence-corrected chi connectivity index (χ4v) is 3.95. The van der Waals surface area contributed by atoms with Crippen LogP contribution in [0.1, 0.15) is 18.9 Å². The van der Waals surface area contributed by atoms with Crippen molar-refractivity contribution in [1.82, 2.24) is 29.3 Å². The first-order chi connectivity index (χ1) is 15.7. The molecule has 4 aromatic rings. The summed E-state index contributed by atoms with van der Waals surface area (Å²) in [6.07, 6.45) is 2.59. The van der Waals surface area contributed by atoms with Crippen LogP contribution in [-0.2, 0) is 11.3 Å². The topological polar surface area (TPSA) is 114 Å². The van der Waals surface area contributed by atoms with Crippen molar-refractivity contribution in [2.45, 2.75) is 19.6 Å². The minimum absolute atomic E-state index is 0.372. The number of imidazole rings is 1. The molecule has 1 aliphatic heterocycles. The predicted octanol–water partition coefficient (Wildman–Crippen LogP) is 1.56. The standard InChI is InChI=1S/C22H25N7O3/c1-2-28-19(17(31)14-30)24-18-20(27-8-10-32-11-9-27)25-22(26-21(18)28)29-13-16(12-23-29)15-6-4-3-5-7-15/h3-7,12-13,17,30-31H,2,8-11,14H2,1H3. The molecule has 1 unspecified atom stereocenters. The Labute approximate surface area is 184 Å². The second-order valence-electron chi connectivity index (χ2n) is 7.57. The second kappa shape index (κ2) is 8.65. The Balaban J connectivity index is 1.67. The van der Waals surface area contributed by atoms with Gasteiger partial charge in [-0.1, -0.05) is 30.3 Å². The number of fused-ring (bicyclic) bond motifs is 1. The molecule has 0 bridgehead atoms. The number of hydrogen-bond donors (Lipinski definition) is 2. The van der Waals surface area contributed by atoms with Crippen molar-refractivity contribution in [1.29, 1.82) is 0 Å². The van der Waals surface area contributed by atoms with Crippen LogP contribution in [0.5, 0.6) is 0 Å². The minimum Gasteiger partial charge on any atom is -0.393 e. The van der Waals surface area contributed by atoms with E-state index in [1.54, 1.807) is 10.9 Å². The van der Waals surface area contributed by atoms with Gasteiger partial charge in [-0.15, -0.1) is 0 Å². The molecule has 5 rings (SSSR count). The van der Waals surface area contributed by atoms with Gasteiger partial charge in [-0.25, -0.2) is 9.67 Å². The number of aliphatic hydroxyl groups is 2. The summed E-state index contributed by atoms with van der Waals surface area (Å²) in [7, 11) is 0. The van der Waals surface area contributed by atoms with Crippen molar-refractivity contribution < 1.29 is 14.9 Å². The first-order valence-corrected chi connectivity index (χ1v) is 10.7. The Bertz CT molecular complexity index is 1220. The van der Waals surface area contributed by atoms with Crippen LogP contribution in [-0.4, -0.2) is 72.4 Å². The van der Waals surface area contributed by atoms with Gasteiger partial charge < -0.3 is 24.4 Å². The SMILES string of the molecule is CCn1c(C(O)CO)nc2c(N3CCOCC3)nc(-n3cc(-c4ccccc4)cn3)nc21. The molecular formula is C22H25N7O3. The minimum atomic E-state index is -1.10. The van der Waals surface area contributed by atoms with Crippen molar-refractivity contribution in [3.05, 3.63) is 48.5 Å². The molecule has 32 heavy (non-hydrogen) atoms. The summed E-state index contributed by atoms with van der Waals surface area (Å²) in [6, 6.07) is 10.0. The number of rotatable bonds is 6. The largest absolute Gasteiger partial charge is 0.393 e. The van der Waals surface area contributed by atoms with Gasteiger partial charge in [0.25, 0.3) is 5.95 Å². The maximum Gasteiger partial charge on any atom is 0.254 e. The van der Waals surface area contributed by atoms with E-state index in [0.717, 1.165) is 11.1 Å². The maximum atomic E-state index is 10.3. The Kier molecular flexibility index (Phi) is 5.56. The molecule has 0 radical (unpaired) electrons. The molecule has 1 fully saturated rings. The number of aromatic nitrogens is 6. The molecule has 10 nitrogen and oxygen atoms in total. The number of aryl methyl sites for hydroxylation is 1. The van der Waals surface area contributed by atoms with Crippen LogP contribution in [0.2, 0.25) is 0 Å². The van der Waals surface area contributed by atoms with Gasteiger partial charge in [0.15, 0.2) is 17.0 Å². The number of ether oxygens (including phenoxy) is 1. The van der Waals surface area contributed by atoms with Gasteiger partial charge in [0, 0.05) is 31.4 Å². The van der Waals surface area contributed by atoms with Crippen LogP contribution in [0, 0.1) is 0 Å². The predicted molar refractivity (Wildman–Crippen MR) is 119 cm³/mol. The van der Waals surface area contributed by atoms with E-state index in [0.29, 0.717) is 61.6 Å². The molecule has 1 saturated heterocycles. The molecule has 3 aromatic heterocycles. The van der Waals surface area contributed by atoms with E-state index in [2.05, 4.69) is 15.0 Å². The van der Waals surface area contributed by atoms with Crippen molar-refractivity contribution in [2.24, 2.45) is 0 Å². The lowest BCUT2D eigenvalue weighted by Crippen LogP contribution is -2.37. The summed E-state index contributed by atoms with van der Waals surface area (Å²) in [5.74, 6) is 1.46. The van der Waals surface area contributed by atoms with Crippen molar-refractivity contribution in [3.8, 4) is 17.1 Å². The lowest BCUT2D eigenvalue weighted by molar-refractivity contribution is 0.0861. The third-order valence-corrected chi connectivity index (χ3v) is 5.59. The van der Waals surface area contributed by atoms with Crippen LogP contribution in [0.15, 0.2) is 42.7 Å². The zero-order valence-corrected chi connectivity index (χ0v) is 17.8. The van der Waals surface area contributed by atoms with Crippen molar-refractivity contribution in [2.75, 3.05) is 37.8 Å². The highest BCUT2D eigenvalue weighted by atomic mass is 16.5. The average Bonchev–Trinajstić information content (AvgIpc) is 3.49. The monoisotopic (exact) mass is 435 g/mol. The molecule has 0 aliphatic carbocycles. The number of hydrogen-bond acceptors (Lipinski definition) is 8. The lowest BCUT2D eigenvalue weighted by Gasteiger charge is -2.28. The smallest absolute Gasteiger partial charge is 0.254 e.